The number of amides is 1. The van der Waals surface area contributed by atoms with Gasteiger partial charge in [0.15, 0.2) is 0 Å². The largest absolute Gasteiger partial charge is 0.756 e. The van der Waals surface area contributed by atoms with Gasteiger partial charge < -0.3 is 28.5 Å². The SMILES string of the molecule is CC/C=C\C/C=C\C/C=C\C/C=C\C/C=C\CCCCCCCCCC(=O)OC(/C=C/CCCCCCCCCCCC)C(COP(=O)([O-])OCC[N+](C)(C)C)NC(=O)CCCCCCCCCC/C=C\C/C=C\C/C=C\CCCCC. The first-order valence-electron chi connectivity index (χ1n) is 33.7. The molecule has 1 amide bonds. The molecule has 0 spiro atoms. The maximum atomic E-state index is 13.6. The van der Waals surface area contributed by atoms with Crippen molar-refractivity contribution in [3.8, 4) is 0 Å². The van der Waals surface area contributed by atoms with E-state index in [4.69, 9.17) is 13.8 Å². The van der Waals surface area contributed by atoms with Crippen LogP contribution >= 0.6 is 7.82 Å². The first-order valence-corrected chi connectivity index (χ1v) is 35.2. The van der Waals surface area contributed by atoms with E-state index in [2.05, 4.69) is 123 Å². The highest BCUT2D eigenvalue weighted by atomic mass is 31.2. The molecule has 82 heavy (non-hydrogen) atoms. The van der Waals surface area contributed by atoms with Crippen molar-refractivity contribution in [1.82, 2.24) is 5.32 Å². The third-order valence-corrected chi connectivity index (χ3v) is 15.4. The smallest absolute Gasteiger partial charge is 0.306 e. The van der Waals surface area contributed by atoms with Crippen LogP contribution in [0.4, 0.5) is 0 Å². The van der Waals surface area contributed by atoms with Crippen LogP contribution in [0, 0.1) is 0 Å². The molecular weight excluding hydrogens is 1040 g/mol. The first-order chi connectivity index (χ1) is 39.9. The molecule has 10 heteroatoms. The van der Waals surface area contributed by atoms with Gasteiger partial charge >= 0.3 is 5.97 Å². The number of likely N-dealkylation sites (N-methyl/N-ethyl adjacent to an activating group) is 1. The topological polar surface area (TPSA) is 114 Å². The zero-order valence-corrected chi connectivity index (χ0v) is 54.8. The summed E-state index contributed by atoms with van der Waals surface area (Å²) in [6.07, 6.45) is 83.4. The molecule has 0 aliphatic carbocycles. The van der Waals surface area contributed by atoms with Crippen LogP contribution in [-0.2, 0) is 27.9 Å². The van der Waals surface area contributed by atoms with E-state index < -0.39 is 26.6 Å². The number of carbonyl (C=O) groups is 2. The monoisotopic (exact) mass is 1160 g/mol. The van der Waals surface area contributed by atoms with Crippen molar-refractivity contribution in [1.29, 1.82) is 0 Å². The molecule has 0 aromatic rings. The summed E-state index contributed by atoms with van der Waals surface area (Å²) in [7, 11) is 1.16. The van der Waals surface area contributed by atoms with E-state index >= 15 is 0 Å². The molecule has 0 aromatic heterocycles. The van der Waals surface area contributed by atoms with E-state index in [1.54, 1.807) is 0 Å². The van der Waals surface area contributed by atoms with Gasteiger partial charge in [-0.15, -0.1) is 0 Å². The molecule has 0 fully saturated rings. The quantitative estimate of drug-likeness (QED) is 0.0212. The van der Waals surface area contributed by atoms with Crippen molar-refractivity contribution in [3.05, 3.63) is 109 Å². The van der Waals surface area contributed by atoms with Gasteiger partial charge in [-0.1, -0.05) is 265 Å². The van der Waals surface area contributed by atoms with Gasteiger partial charge in [-0.25, -0.2) is 0 Å². The van der Waals surface area contributed by atoms with Gasteiger partial charge in [-0.05, 0) is 115 Å². The number of allylic oxidation sites excluding steroid dienone is 17. The van der Waals surface area contributed by atoms with Gasteiger partial charge in [-0.2, -0.15) is 0 Å². The summed E-state index contributed by atoms with van der Waals surface area (Å²) >= 11 is 0. The zero-order valence-electron chi connectivity index (χ0n) is 53.9. The fraction of sp³-hybridized carbons (Fsp3) is 0.722. The minimum Gasteiger partial charge on any atom is -0.756 e. The zero-order chi connectivity index (χ0) is 60.0. The summed E-state index contributed by atoms with van der Waals surface area (Å²) in [4.78, 5) is 40.1. The third-order valence-electron chi connectivity index (χ3n) is 14.4. The molecule has 0 aromatic carbocycles. The number of rotatable bonds is 60. The minimum absolute atomic E-state index is 0.0309. The van der Waals surface area contributed by atoms with Crippen molar-refractivity contribution >= 4 is 19.7 Å². The van der Waals surface area contributed by atoms with Gasteiger partial charge in [0.05, 0.1) is 33.8 Å². The summed E-state index contributed by atoms with van der Waals surface area (Å²) in [5.74, 6) is -0.564. The highest BCUT2D eigenvalue weighted by molar-refractivity contribution is 7.45. The fourth-order valence-electron chi connectivity index (χ4n) is 9.26. The molecule has 0 rings (SSSR count). The van der Waals surface area contributed by atoms with Crippen molar-refractivity contribution < 1.29 is 37.3 Å². The molecule has 472 valence electrons. The lowest BCUT2D eigenvalue weighted by molar-refractivity contribution is -0.870. The van der Waals surface area contributed by atoms with Crippen molar-refractivity contribution in [3.63, 3.8) is 0 Å². The Morgan fingerprint density at radius 1 is 0.439 bits per heavy atom. The summed E-state index contributed by atoms with van der Waals surface area (Å²) < 4.78 is 30.4. The number of nitrogens with zero attached hydrogens (tertiary/aromatic N) is 1. The maximum Gasteiger partial charge on any atom is 0.306 e. The summed E-state index contributed by atoms with van der Waals surface area (Å²) in [5, 5.41) is 3.03. The van der Waals surface area contributed by atoms with Crippen LogP contribution in [0.2, 0.25) is 0 Å². The lowest BCUT2D eigenvalue weighted by Gasteiger charge is -2.30. The lowest BCUT2D eigenvalue weighted by Crippen LogP contribution is -2.47. The predicted molar refractivity (Wildman–Crippen MR) is 353 cm³/mol. The number of ether oxygens (including phenoxy) is 1. The van der Waals surface area contributed by atoms with Gasteiger partial charge in [0.1, 0.15) is 19.3 Å². The highest BCUT2D eigenvalue weighted by Gasteiger charge is 2.27. The maximum absolute atomic E-state index is 13.6. The summed E-state index contributed by atoms with van der Waals surface area (Å²) in [6, 6.07) is -0.905. The van der Waals surface area contributed by atoms with Crippen molar-refractivity contribution in [2.75, 3.05) is 40.9 Å². The number of esters is 1. The molecule has 3 atom stereocenters. The van der Waals surface area contributed by atoms with Crippen LogP contribution in [0.5, 0.6) is 0 Å². The molecule has 3 unspecified atom stereocenters. The Kier molecular flexibility index (Phi) is 58.3. The number of quaternary nitrogens is 1. The van der Waals surface area contributed by atoms with Crippen LogP contribution in [-0.4, -0.2) is 69.4 Å². The molecule has 9 nitrogen and oxygen atoms in total. The van der Waals surface area contributed by atoms with Crippen molar-refractivity contribution in [2.24, 2.45) is 0 Å². The van der Waals surface area contributed by atoms with E-state index in [0.29, 0.717) is 23.9 Å². The number of carbonyl (C=O) groups excluding carboxylic acids is 2. The van der Waals surface area contributed by atoms with Crippen LogP contribution in [0.25, 0.3) is 0 Å². The van der Waals surface area contributed by atoms with Gasteiger partial charge in [-0.3, -0.25) is 14.2 Å². The van der Waals surface area contributed by atoms with Crippen LogP contribution < -0.4 is 10.2 Å². The number of hydrogen-bond donors (Lipinski definition) is 1. The molecule has 0 heterocycles. The Hall–Kier alpha value is -3.33. The molecule has 0 bridgehead atoms. The summed E-state index contributed by atoms with van der Waals surface area (Å²) in [6.45, 7) is 6.69. The van der Waals surface area contributed by atoms with E-state index in [0.717, 1.165) is 122 Å². The molecule has 0 saturated heterocycles. The Morgan fingerprint density at radius 3 is 1.20 bits per heavy atom. The second-order valence-corrected chi connectivity index (χ2v) is 25.0. The Morgan fingerprint density at radius 2 is 0.780 bits per heavy atom. The first kappa shape index (κ1) is 78.7. The predicted octanol–water partition coefficient (Wildman–Crippen LogP) is 20.7. The average molecular weight is 1160 g/mol. The fourth-order valence-corrected chi connectivity index (χ4v) is 9.98. The van der Waals surface area contributed by atoms with Crippen molar-refractivity contribution in [2.45, 2.75) is 296 Å². The molecule has 0 saturated carbocycles. The Labute approximate surface area is 506 Å². The number of nitrogens with one attached hydrogen (secondary N) is 1. The summed E-state index contributed by atoms with van der Waals surface area (Å²) in [5.41, 5.74) is 0. The van der Waals surface area contributed by atoms with E-state index in [1.165, 1.54) is 122 Å². The minimum atomic E-state index is -4.71. The Balaban J connectivity index is 5.20. The van der Waals surface area contributed by atoms with E-state index in [9.17, 15) is 19.0 Å². The number of phosphoric acid groups is 1. The second kappa shape index (κ2) is 60.8. The van der Waals surface area contributed by atoms with Crippen LogP contribution in [0.15, 0.2) is 109 Å². The number of unbranched alkanes of at least 4 members (excludes halogenated alkanes) is 28. The molecule has 0 aliphatic rings. The van der Waals surface area contributed by atoms with Crippen LogP contribution in [0.3, 0.4) is 0 Å². The van der Waals surface area contributed by atoms with Gasteiger partial charge in [0.2, 0.25) is 5.91 Å². The van der Waals surface area contributed by atoms with Gasteiger partial charge in [0.25, 0.3) is 7.82 Å². The number of hydrogen-bond acceptors (Lipinski definition) is 7. The average Bonchev–Trinajstić information content (AvgIpc) is 3.44. The Bertz CT molecular complexity index is 1770. The number of phosphoric ester groups is 1. The van der Waals surface area contributed by atoms with E-state index in [1.807, 2.05) is 33.3 Å². The molecular formula is C72H127N2O7P. The van der Waals surface area contributed by atoms with Crippen LogP contribution in [0.1, 0.15) is 284 Å². The molecule has 0 aliphatic heterocycles. The second-order valence-electron chi connectivity index (χ2n) is 23.6. The van der Waals surface area contributed by atoms with E-state index in [-0.39, 0.29) is 24.9 Å². The standard InChI is InChI=1S/C72H127N2O7P/c1-7-10-13-16-19-22-25-28-30-32-34-36-37-39-41-43-45-47-50-53-56-59-62-65-72(76)81-70(63-60-57-54-51-48-27-24-21-18-15-12-9-3)69(68-80-82(77,78)79-67-66-74(4,5)6)73-71(75)64-61-58-55-52-49-46-44-42-40-38-35-33-31-29-26-23-20-17-14-11-8-2/h10,13,19-20,22-23,28-31,34-36,38-39,41,60,63,69-70H,7-9,11-12,14-18,21,24-27,32-33,37,40,42-59,61-62,64-68H2,1-6H3,(H-,73,75,77,78)/b13-10-,22-19-,23-20-,30-28-,31-29-,36-34-,38-35-,41-39-,63-60+. The lowest BCUT2D eigenvalue weighted by atomic mass is 10.0. The highest BCUT2D eigenvalue weighted by Crippen LogP contribution is 2.38. The molecule has 0 radical (unpaired) electrons. The van der Waals surface area contributed by atoms with Gasteiger partial charge in [0, 0.05) is 12.8 Å². The third kappa shape index (κ3) is 61.2. The molecule has 1 N–H and O–H groups in total. The normalized spacial score (nSPS) is 14.3.